The molecule has 0 aliphatic carbocycles. The summed E-state index contributed by atoms with van der Waals surface area (Å²) in [4.78, 5) is 0. The summed E-state index contributed by atoms with van der Waals surface area (Å²) in [5.74, 6) is 0.768. The smallest absolute Gasteiger partial charge is 0.0254 e. The number of hydrogen-bond donors (Lipinski definition) is 1. The maximum Gasteiger partial charge on any atom is 0.0254 e. The van der Waals surface area contributed by atoms with E-state index in [2.05, 4.69) is 46.0 Å². The Bertz CT molecular complexity index is 132. The second-order valence-electron chi connectivity index (χ2n) is 4.04. The van der Waals surface area contributed by atoms with Crippen molar-refractivity contribution in [3.05, 3.63) is 11.6 Å². The first-order valence-electron chi connectivity index (χ1n) is 4.94. The molecule has 0 amide bonds. The Hall–Kier alpha value is -0.300. The van der Waals surface area contributed by atoms with E-state index in [4.69, 9.17) is 0 Å². The van der Waals surface area contributed by atoms with Gasteiger partial charge in [-0.3, -0.25) is 0 Å². The second-order valence-corrected chi connectivity index (χ2v) is 4.04. The van der Waals surface area contributed by atoms with Crippen molar-refractivity contribution in [1.29, 1.82) is 0 Å². The van der Waals surface area contributed by atoms with Gasteiger partial charge in [0, 0.05) is 6.04 Å². The highest BCUT2D eigenvalue weighted by Crippen LogP contribution is 2.07. The van der Waals surface area contributed by atoms with E-state index in [9.17, 15) is 0 Å². The van der Waals surface area contributed by atoms with Gasteiger partial charge in [0.05, 0.1) is 0 Å². The molecule has 1 heteroatoms. The average Bonchev–Trinajstić information content (AvgIpc) is 1.84. The normalized spacial score (nSPS) is 13.2. The van der Waals surface area contributed by atoms with Gasteiger partial charge in [0.2, 0.25) is 0 Å². The van der Waals surface area contributed by atoms with Gasteiger partial charge in [0.1, 0.15) is 0 Å². The molecule has 0 aromatic carbocycles. The average molecular weight is 169 g/mol. The summed E-state index contributed by atoms with van der Waals surface area (Å²) in [6, 6.07) is 0.569. The largest absolute Gasteiger partial charge is 0.311 e. The van der Waals surface area contributed by atoms with Gasteiger partial charge in [-0.15, -0.1) is 0 Å². The molecular formula is C11H23N. The fourth-order valence-electron chi connectivity index (χ4n) is 1.38. The van der Waals surface area contributed by atoms with Gasteiger partial charge in [-0.05, 0) is 32.7 Å². The van der Waals surface area contributed by atoms with Crippen LogP contribution in [0.4, 0.5) is 0 Å². The highest BCUT2D eigenvalue weighted by atomic mass is 14.9. The van der Waals surface area contributed by atoms with Crippen LogP contribution in [0.5, 0.6) is 0 Å². The van der Waals surface area contributed by atoms with Crippen LogP contribution in [-0.4, -0.2) is 12.6 Å². The predicted octanol–water partition coefficient (Wildman–Crippen LogP) is 2.98. The first-order valence-corrected chi connectivity index (χ1v) is 4.94. The Labute approximate surface area is 77.2 Å². The topological polar surface area (TPSA) is 12.0 Å². The van der Waals surface area contributed by atoms with Gasteiger partial charge in [-0.1, -0.05) is 32.4 Å². The molecule has 0 spiro atoms. The molecule has 0 aromatic rings. The molecule has 1 N–H and O–H groups in total. The molecule has 0 radical (unpaired) electrons. The molecule has 72 valence electrons. The van der Waals surface area contributed by atoms with Crippen LogP contribution in [0.1, 0.15) is 41.0 Å². The van der Waals surface area contributed by atoms with Crippen LogP contribution in [0.3, 0.4) is 0 Å². The zero-order valence-corrected chi connectivity index (χ0v) is 9.15. The molecule has 0 aliphatic heterocycles. The van der Waals surface area contributed by atoms with Crippen molar-refractivity contribution in [2.75, 3.05) is 6.54 Å². The summed E-state index contributed by atoms with van der Waals surface area (Å²) in [7, 11) is 0. The number of allylic oxidation sites excluding steroid dienone is 1. The highest BCUT2D eigenvalue weighted by Gasteiger charge is 2.05. The standard InChI is InChI=1S/C11H23N/c1-6-12-11(7-9(2)3)8-10(4)5/h7,10-12H,6,8H2,1-5H3. The van der Waals surface area contributed by atoms with E-state index in [0.717, 1.165) is 12.5 Å². The van der Waals surface area contributed by atoms with E-state index in [1.807, 2.05) is 0 Å². The third kappa shape index (κ3) is 6.41. The van der Waals surface area contributed by atoms with Gasteiger partial charge in [-0.2, -0.15) is 0 Å². The van der Waals surface area contributed by atoms with Crippen LogP contribution >= 0.6 is 0 Å². The Morgan fingerprint density at radius 2 is 1.92 bits per heavy atom. The number of rotatable bonds is 5. The van der Waals surface area contributed by atoms with Crippen molar-refractivity contribution in [2.45, 2.75) is 47.1 Å². The van der Waals surface area contributed by atoms with Crippen LogP contribution in [0.2, 0.25) is 0 Å². The molecule has 1 unspecified atom stereocenters. The monoisotopic (exact) mass is 169 g/mol. The first kappa shape index (κ1) is 11.7. The summed E-state index contributed by atoms with van der Waals surface area (Å²) in [5.41, 5.74) is 1.40. The van der Waals surface area contributed by atoms with Crippen LogP contribution < -0.4 is 5.32 Å². The zero-order valence-electron chi connectivity index (χ0n) is 9.15. The fourth-order valence-corrected chi connectivity index (χ4v) is 1.38. The summed E-state index contributed by atoms with van der Waals surface area (Å²) >= 11 is 0. The zero-order chi connectivity index (χ0) is 9.56. The lowest BCUT2D eigenvalue weighted by Gasteiger charge is -2.16. The minimum atomic E-state index is 0.569. The van der Waals surface area contributed by atoms with Crippen molar-refractivity contribution in [3.8, 4) is 0 Å². The van der Waals surface area contributed by atoms with Gasteiger partial charge in [-0.25, -0.2) is 0 Å². The third-order valence-electron chi connectivity index (χ3n) is 1.73. The highest BCUT2D eigenvalue weighted by molar-refractivity contribution is 5.01. The van der Waals surface area contributed by atoms with Crippen molar-refractivity contribution >= 4 is 0 Å². The molecule has 0 rings (SSSR count). The quantitative estimate of drug-likeness (QED) is 0.624. The van der Waals surface area contributed by atoms with Crippen molar-refractivity contribution in [3.63, 3.8) is 0 Å². The van der Waals surface area contributed by atoms with Gasteiger partial charge < -0.3 is 5.32 Å². The first-order chi connectivity index (χ1) is 5.56. The van der Waals surface area contributed by atoms with Crippen LogP contribution in [0.15, 0.2) is 11.6 Å². The van der Waals surface area contributed by atoms with Crippen molar-refractivity contribution in [2.24, 2.45) is 5.92 Å². The minimum Gasteiger partial charge on any atom is -0.311 e. The summed E-state index contributed by atoms with van der Waals surface area (Å²) in [6.45, 7) is 12.1. The van der Waals surface area contributed by atoms with Crippen LogP contribution in [0, 0.1) is 5.92 Å². The number of nitrogens with one attached hydrogen (secondary N) is 1. The lowest BCUT2D eigenvalue weighted by Crippen LogP contribution is -2.28. The predicted molar refractivity (Wildman–Crippen MR) is 56.4 cm³/mol. The SMILES string of the molecule is CCNC(C=C(C)C)CC(C)C. The lowest BCUT2D eigenvalue weighted by atomic mass is 10.0. The molecule has 0 saturated heterocycles. The molecule has 0 saturated carbocycles. The second kappa shape index (κ2) is 6.24. The van der Waals surface area contributed by atoms with E-state index in [0.29, 0.717) is 6.04 Å². The Morgan fingerprint density at radius 3 is 2.25 bits per heavy atom. The molecule has 0 aromatic heterocycles. The van der Waals surface area contributed by atoms with E-state index in [1.165, 1.54) is 12.0 Å². The summed E-state index contributed by atoms with van der Waals surface area (Å²) < 4.78 is 0. The van der Waals surface area contributed by atoms with E-state index in [-0.39, 0.29) is 0 Å². The summed E-state index contributed by atoms with van der Waals surface area (Å²) in [5, 5.41) is 3.47. The van der Waals surface area contributed by atoms with E-state index in [1.54, 1.807) is 0 Å². The maximum atomic E-state index is 3.47. The molecule has 0 fully saturated rings. The molecule has 12 heavy (non-hydrogen) atoms. The molecule has 0 heterocycles. The van der Waals surface area contributed by atoms with Crippen molar-refractivity contribution in [1.82, 2.24) is 5.32 Å². The molecule has 1 nitrogen and oxygen atoms in total. The lowest BCUT2D eigenvalue weighted by molar-refractivity contribution is 0.480. The van der Waals surface area contributed by atoms with E-state index < -0.39 is 0 Å². The number of likely N-dealkylation sites (N-methyl/N-ethyl adjacent to an activating group) is 1. The van der Waals surface area contributed by atoms with Crippen LogP contribution in [-0.2, 0) is 0 Å². The minimum absolute atomic E-state index is 0.569. The molecule has 0 aliphatic rings. The van der Waals surface area contributed by atoms with Gasteiger partial charge >= 0.3 is 0 Å². The van der Waals surface area contributed by atoms with Crippen molar-refractivity contribution < 1.29 is 0 Å². The fraction of sp³-hybridized carbons (Fsp3) is 0.818. The molecule has 1 atom stereocenters. The van der Waals surface area contributed by atoms with E-state index >= 15 is 0 Å². The Morgan fingerprint density at radius 1 is 1.33 bits per heavy atom. The maximum absolute atomic E-state index is 3.47. The number of hydrogen-bond acceptors (Lipinski definition) is 1. The Balaban J connectivity index is 3.95. The van der Waals surface area contributed by atoms with Gasteiger partial charge in [0.15, 0.2) is 0 Å². The molecular weight excluding hydrogens is 146 g/mol. The van der Waals surface area contributed by atoms with Gasteiger partial charge in [0.25, 0.3) is 0 Å². The van der Waals surface area contributed by atoms with Crippen LogP contribution in [0.25, 0.3) is 0 Å². The summed E-state index contributed by atoms with van der Waals surface area (Å²) in [6.07, 6.45) is 3.56. The Kier molecular flexibility index (Phi) is 6.09. The molecule has 0 bridgehead atoms. The third-order valence-corrected chi connectivity index (χ3v) is 1.73.